The second-order valence-corrected chi connectivity index (χ2v) is 12.5. The molecule has 6 atom stereocenters. The molecule has 4 N–H and O–H groups in total. The van der Waals surface area contributed by atoms with E-state index in [9.17, 15) is 15.0 Å². The highest BCUT2D eigenvalue weighted by Crippen LogP contribution is 2.69. The average Bonchev–Trinajstić information content (AvgIpc) is 3.64. The first-order valence-electron chi connectivity index (χ1n) is 14.0. The molecule has 0 radical (unpaired) electrons. The molecule has 4 heterocycles. The standard InChI is InChI=1S/C30H35N3O4.2ClH/c34-21-9-8-20-14-23-30-11-10-29(36,22(32-30)15-24(35)31-16-18-4-2-1-3-5-18)27-28(30,25(20)26(21)37-27)12-13-33(23)17-19-6-7-19;;/h1-5,8-9,19,22-23,27,32,34,36H,6-7,10-17H2,(H,31,35);2*1H/t22-,23-,27-,28-,29-,30-;;/m1../s1. The van der Waals surface area contributed by atoms with E-state index in [2.05, 4.69) is 21.6 Å². The van der Waals surface area contributed by atoms with Gasteiger partial charge < -0.3 is 25.6 Å². The molecule has 9 rings (SSSR count). The van der Waals surface area contributed by atoms with Crippen LogP contribution < -0.4 is 15.4 Å². The van der Waals surface area contributed by atoms with Gasteiger partial charge in [-0.1, -0.05) is 36.4 Å². The lowest BCUT2D eigenvalue weighted by Gasteiger charge is -2.73. The van der Waals surface area contributed by atoms with E-state index in [-0.39, 0.29) is 59.9 Å². The zero-order valence-corrected chi connectivity index (χ0v) is 23.5. The third-order valence-electron chi connectivity index (χ3n) is 10.7. The van der Waals surface area contributed by atoms with Crippen molar-refractivity contribution < 1.29 is 19.7 Å². The smallest absolute Gasteiger partial charge is 0.221 e. The summed E-state index contributed by atoms with van der Waals surface area (Å²) >= 11 is 0. The van der Waals surface area contributed by atoms with Crippen molar-refractivity contribution in [3.63, 3.8) is 0 Å². The van der Waals surface area contributed by atoms with Crippen molar-refractivity contribution in [2.45, 2.75) is 86.2 Å². The molecule has 4 aliphatic heterocycles. The second kappa shape index (κ2) is 9.25. The molecule has 2 saturated carbocycles. The Morgan fingerprint density at radius 1 is 1.10 bits per heavy atom. The molecule has 0 unspecified atom stereocenters. The molecule has 3 aliphatic carbocycles. The fraction of sp³-hybridized carbons (Fsp3) is 0.567. The van der Waals surface area contributed by atoms with E-state index in [1.165, 1.54) is 18.4 Å². The molecule has 9 heteroatoms. The zero-order valence-electron chi connectivity index (χ0n) is 21.9. The maximum atomic E-state index is 13.2. The highest BCUT2D eigenvalue weighted by Gasteiger charge is 2.80. The van der Waals surface area contributed by atoms with E-state index in [1.807, 2.05) is 30.3 Å². The Bertz CT molecular complexity index is 1290. The van der Waals surface area contributed by atoms with Gasteiger partial charge in [-0.05, 0) is 68.2 Å². The third kappa shape index (κ3) is 3.56. The number of rotatable bonds is 6. The Balaban J connectivity index is 0.00000138. The Kier molecular flexibility index (Phi) is 6.44. The molecule has 7 nitrogen and oxygen atoms in total. The molecule has 210 valence electrons. The highest BCUT2D eigenvalue weighted by atomic mass is 35.5. The number of halogens is 2. The number of likely N-dealkylation sites (tertiary alicyclic amines) is 1. The topological polar surface area (TPSA) is 94.1 Å². The van der Waals surface area contributed by atoms with Gasteiger partial charge in [-0.2, -0.15) is 0 Å². The van der Waals surface area contributed by atoms with Gasteiger partial charge in [-0.3, -0.25) is 9.69 Å². The Morgan fingerprint density at radius 3 is 2.67 bits per heavy atom. The van der Waals surface area contributed by atoms with Crippen molar-refractivity contribution in [3.05, 3.63) is 59.2 Å². The summed E-state index contributed by atoms with van der Waals surface area (Å²) in [5, 5.41) is 30.2. The number of hydrogen-bond donors (Lipinski definition) is 4. The lowest BCUT2D eigenvalue weighted by atomic mass is 9.41. The number of aliphatic hydroxyl groups is 1. The van der Waals surface area contributed by atoms with E-state index < -0.39 is 17.7 Å². The van der Waals surface area contributed by atoms with Crippen LogP contribution in [0.15, 0.2) is 42.5 Å². The Labute approximate surface area is 241 Å². The van der Waals surface area contributed by atoms with Crippen LogP contribution >= 0.6 is 24.8 Å². The third-order valence-corrected chi connectivity index (χ3v) is 10.7. The van der Waals surface area contributed by atoms with Crippen molar-refractivity contribution in [2.24, 2.45) is 5.92 Å². The number of amides is 1. The number of ether oxygens (including phenoxy) is 1. The average molecular weight is 575 g/mol. The van der Waals surface area contributed by atoms with Crippen molar-refractivity contribution in [2.75, 3.05) is 13.1 Å². The summed E-state index contributed by atoms with van der Waals surface area (Å²) in [6.07, 6.45) is 5.63. The van der Waals surface area contributed by atoms with Gasteiger partial charge in [0, 0.05) is 42.7 Å². The number of phenols is 1. The van der Waals surface area contributed by atoms with E-state index in [0.717, 1.165) is 49.4 Å². The summed E-state index contributed by atoms with van der Waals surface area (Å²) < 4.78 is 6.62. The van der Waals surface area contributed by atoms with Gasteiger partial charge in [0.05, 0.1) is 5.41 Å². The molecular weight excluding hydrogens is 537 g/mol. The van der Waals surface area contributed by atoms with Crippen LogP contribution in [0, 0.1) is 5.92 Å². The Morgan fingerprint density at radius 2 is 1.90 bits per heavy atom. The first-order valence-corrected chi connectivity index (χ1v) is 14.0. The summed E-state index contributed by atoms with van der Waals surface area (Å²) in [7, 11) is 0. The predicted molar refractivity (Wildman–Crippen MR) is 152 cm³/mol. The van der Waals surface area contributed by atoms with Crippen molar-refractivity contribution >= 4 is 30.7 Å². The van der Waals surface area contributed by atoms with Gasteiger partial charge in [0.1, 0.15) is 11.7 Å². The fourth-order valence-corrected chi connectivity index (χ4v) is 8.94. The highest BCUT2D eigenvalue weighted by molar-refractivity contribution is 5.85. The first-order chi connectivity index (χ1) is 17.9. The normalized spacial score (nSPS) is 36.7. The monoisotopic (exact) mass is 573 g/mol. The van der Waals surface area contributed by atoms with Gasteiger partial charge in [0.25, 0.3) is 0 Å². The lowest BCUT2D eigenvalue weighted by Crippen LogP contribution is -2.91. The van der Waals surface area contributed by atoms with Gasteiger partial charge >= 0.3 is 0 Å². The van der Waals surface area contributed by atoms with Crippen LogP contribution in [0.2, 0.25) is 0 Å². The number of hydrogen-bond acceptors (Lipinski definition) is 6. The number of phenolic OH excluding ortho intramolecular Hbond substituents is 1. The number of nitrogens with one attached hydrogen (secondary N) is 2. The van der Waals surface area contributed by atoms with Crippen LogP contribution in [-0.4, -0.2) is 63.4 Å². The number of piperidine rings is 3. The zero-order chi connectivity index (χ0) is 25.0. The molecule has 7 aliphatic rings. The van der Waals surface area contributed by atoms with Crippen LogP contribution in [-0.2, 0) is 23.2 Å². The molecule has 5 fully saturated rings. The molecule has 4 bridgehead atoms. The van der Waals surface area contributed by atoms with E-state index >= 15 is 0 Å². The minimum absolute atomic E-state index is 0. The Hall–Kier alpha value is -2.03. The van der Waals surface area contributed by atoms with Crippen LogP contribution in [0.5, 0.6) is 11.5 Å². The lowest BCUT2D eigenvalue weighted by molar-refractivity contribution is -0.234. The van der Waals surface area contributed by atoms with Crippen molar-refractivity contribution in [3.8, 4) is 11.5 Å². The molecule has 39 heavy (non-hydrogen) atoms. The van der Waals surface area contributed by atoms with E-state index in [0.29, 0.717) is 18.7 Å². The van der Waals surface area contributed by atoms with Crippen molar-refractivity contribution in [1.82, 2.24) is 15.5 Å². The number of aromatic hydroxyl groups is 1. The maximum absolute atomic E-state index is 13.2. The first kappa shape index (κ1) is 27.2. The summed E-state index contributed by atoms with van der Waals surface area (Å²) in [6, 6.07) is 13.6. The molecule has 2 aromatic rings. The van der Waals surface area contributed by atoms with Gasteiger partial charge in [0.15, 0.2) is 11.5 Å². The van der Waals surface area contributed by atoms with Gasteiger partial charge in [0.2, 0.25) is 5.91 Å². The van der Waals surface area contributed by atoms with Crippen LogP contribution in [0.1, 0.15) is 55.2 Å². The minimum Gasteiger partial charge on any atom is -0.504 e. The largest absolute Gasteiger partial charge is 0.504 e. The molecule has 1 amide bonds. The molecular formula is C30H37Cl2N3O4. The molecule has 2 spiro atoms. The summed E-state index contributed by atoms with van der Waals surface area (Å²) in [5.74, 6) is 1.46. The number of nitrogens with zero attached hydrogens (tertiary/aromatic N) is 1. The SMILES string of the molecule is Cl.Cl.O=C(C[C@H]1N[C@@]23CC[C@]1(O)[C@@H]1Oc4c(O)ccc5c4[C@]12CCN(CC1CC1)[C@@H]3C5)NCc1ccccc1. The summed E-state index contributed by atoms with van der Waals surface area (Å²) in [6.45, 7) is 2.58. The minimum atomic E-state index is -1.19. The van der Waals surface area contributed by atoms with Gasteiger partial charge in [-0.25, -0.2) is 0 Å². The molecule has 0 aromatic heterocycles. The van der Waals surface area contributed by atoms with Crippen LogP contribution in [0.3, 0.4) is 0 Å². The van der Waals surface area contributed by atoms with Crippen LogP contribution in [0.4, 0.5) is 0 Å². The number of benzene rings is 2. The predicted octanol–water partition coefficient (Wildman–Crippen LogP) is 3.22. The van der Waals surface area contributed by atoms with E-state index in [4.69, 9.17) is 4.74 Å². The fourth-order valence-electron chi connectivity index (χ4n) is 8.94. The second-order valence-electron chi connectivity index (χ2n) is 12.5. The molecule has 3 saturated heterocycles. The number of carbonyl (C=O) groups excluding carboxylic acids is 1. The van der Waals surface area contributed by atoms with Crippen molar-refractivity contribution in [1.29, 1.82) is 0 Å². The number of carbonyl (C=O) groups is 1. The van der Waals surface area contributed by atoms with E-state index in [1.54, 1.807) is 6.07 Å². The van der Waals surface area contributed by atoms with Gasteiger partial charge in [-0.15, -0.1) is 24.8 Å². The summed E-state index contributed by atoms with van der Waals surface area (Å²) in [5.41, 5.74) is 1.57. The maximum Gasteiger partial charge on any atom is 0.221 e. The number of fused-ring (bicyclic) bond motifs is 2. The molecule has 2 aromatic carbocycles. The van der Waals surface area contributed by atoms with Crippen LogP contribution in [0.25, 0.3) is 0 Å². The quantitative estimate of drug-likeness (QED) is 0.424. The summed E-state index contributed by atoms with van der Waals surface area (Å²) in [4.78, 5) is 15.9.